The molecule has 0 heterocycles. The first-order chi connectivity index (χ1) is 10.8. The summed E-state index contributed by atoms with van der Waals surface area (Å²) in [4.78, 5) is 13.4. The number of allylic oxidation sites excluding steroid dienone is 1. The van der Waals surface area contributed by atoms with Gasteiger partial charge in [0.15, 0.2) is 0 Å². The van der Waals surface area contributed by atoms with Crippen LogP contribution in [0, 0.1) is 6.92 Å². The number of aryl methyl sites for hydroxylation is 1. The van der Waals surface area contributed by atoms with Crippen LogP contribution in [0.2, 0.25) is 0 Å². The van der Waals surface area contributed by atoms with Gasteiger partial charge >= 0.3 is 6.18 Å². The predicted molar refractivity (Wildman–Crippen MR) is 85.1 cm³/mol. The summed E-state index contributed by atoms with van der Waals surface area (Å²) in [6, 6.07) is 14.3. The summed E-state index contributed by atoms with van der Waals surface area (Å²) >= 11 is 0. The number of alkyl halides is 3. The lowest BCUT2D eigenvalue weighted by molar-refractivity contribution is -0.114. The van der Waals surface area contributed by atoms with Gasteiger partial charge < -0.3 is 4.90 Å². The number of carbonyl (C=O) groups excluding carboxylic acids is 1. The maximum Gasteiger partial charge on any atom is 0.417 e. The minimum absolute atomic E-state index is 0.0364. The number of carbonyl (C=O) groups is 1. The van der Waals surface area contributed by atoms with Gasteiger partial charge in [-0.25, -0.2) is 0 Å². The van der Waals surface area contributed by atoms with E-state index in [1.54, 1.807) is 30.3 Å². The van der Waals surface area contributed by atoms with E-state index in [2.05, 4.69) is 0 Å². The smallest absolute Gasteiger partial charge is 0.312 e. The standard InChI is InChI=1S/C18H16F3NO/c1-13-8-10-15(11-9-13)22(2)17(23)12-16(18(19,20)21)14-6-4-3-5-7-14/h3-12H,1-2H3/b16-12-. The van der Waals surface area contributed by atoms with Crippen molar-refractivity contribution >= 4 is 17.2 Å². The molecular formula is C18H16F3NO. The summed E-state index contributed by atoms with van der Waals surface area (Å²) in [7, 11) is 1.45. The Morgan fingerprint density at radius 2 is 1.57 bits per heavy atom. The van der Waals surface area contributed by atoms with Crippen molar-refractivity contribution in [3.05, 3.63) is 71.8 Å². The molecule has 0 bridgehead atoms. The second-order valence-electron chi connectivity index (χ2n) is 5.15. The zero-order valence-electron chi connectivity index (χ0n) is 12.8. The van der Waals surface area contributed by atoms with E-state index in [0.29, 0.717) is 11.8 Å². The lowest BCUT2D eigenvalue weighted by atomic mass is 10.0. The SMILES string of the molecule is Cc1ccc(N(C)C(=O)/C=C(/c2ccccc2)C(F)(F)F)cc1. The van der Waals surface area contributed by atoms with Gasteiger partial charge in [-0.2, -0.15) is 13.2 Å². The van der Waals surface area contributed by atoms with Crippen molar-refractivity contribution in [1.82, 2.24) is 0 Å². The number of halogens is 3. The van der Waals surface area contributed by atoms with E-state index in [1.807, 2.05) is 6.92 Å². The Balaban J connectivity index is 2.35. The van der Waals surface area contributed by atoms with Crippen LogP contribution in [0.15, 0.2) is 60.7 Å². The van der Waals surface area contributed by atoms with Crippen LogP contribution in [-0.4, -0.2) is 19.1 Å². The average molecular weight is 319 g/mol. The molecule has 0 spiro atoms. The molecule has 0 atom stereocenters. The van der Waals surface area contributed by atoms with Crippen molar-refractivity contribution in [2.75, 3.05) is 11.9 Å². The van der Waals surface area contributed by atoms with Crippen LogP contribution in [0.1, 0.15) is 11.1 Å². The average Bonchev–Trinajstić information content (AvgIpc) is 2.52. The fraction of sp³-hybridized carbons (Fsp3) is 0.167. The van der Waals surface area contributed by atoms with E-state index in [4.69, 9.17) is 0 Å². The van der Waals surface area contributed by atoms with Crippen molar-refractivity contribution in [2.45, 2.75) is 13.1 Å². The quantitative estimate of drug-likeness (QED) is 0.757. The zero-order valence-corrected chi connectivity index (χ0v) is 12.8. The minimum Gasteiger partial charge on any atom is -0.312 e. The van der Waals surface area contributed by atoms with Crippen LogP contribution in [0.25, 0.3) is 5.57 Å². The first kappa shape index (κ1) is 16.8. The van der Waals surface area contributed by atoms with E-state index in [9.17, 15) is 18.0 Å². The summed E-state index contributed by atoms with van der Waals surface area (Å²) < 4.78 is 39.7. The number of amides is 1. The third-order valence-corrected chi connectivity index (χ3v) is 3.41. The minimum atomic E-state index is -4.61. The molecule has 2 rings (SSSR count). The van der Waals surface area contributed by atoms with E-state index in [1.165, 1.54) is 36.2 Å². The van der Waals surface area contributed by atoms with Crippen molar-refractivity contribution in [3.8, 4) is 0 Å². The van der Waals surface area contributed by atoms with E-state index in [-0.39, 0.29) is 5.56 Å². The van der Waals surface area contributed by atoms with Crippen molar-refractivity contribution in [3.63, 3.8) is 0 Å². The fourth-order valence-electron chi connectivity index (χ4n) is 2.06. The molecule has 2 aromatic carbocycles. The van der Waals surface area contributed by atoms with E-state index < -0.39 is 17.7 Å². The maximum atomic E-state index is 13.2. The molecule has 0 radical (unpaired) electrons. The van der Waals surface area contributed by atoms with Crippen LogP contribution in [0.5, 0.6) is 0 Å². The third-order valence-electron chi connectivity index (χ3n) is 3.41. The summed E-state index contributed by atoms with van der Waals surface area (Å²) in [5.41, 5.74) is 0.546. The number of nitrogens with zero attached hydrogens (tertiary/aromatic N) is 1. The highest BCUT2D eigenvalue weighted by molar-refractivity contribution is 6.05. The van der Waals surface area contributed by atoms with Gasteiger partial charge in [-0.05, 0) is 24.6 Å². The Labute approximate surface area is 132 Å². The Bertz CT molecular complexity index is 703. The Hall–Kier alpha value is -2.56. The topological polar surface area (TPSA) is 20.3 Å². The number of anilines is 1. The molecule has 5 heteroatoms. The molecule has 2 aromatic rings. The first-order valence-electron chi connectivity index (χ1n) is 6.97. The highest BCUT2D eigenvalue weighted by Gasteiger charge is 2.35. The third kappa shape index (κ3) is 4.22. The Morgan fingerprint density at radius 1 is 1.00 bits per heavy atom. The molecule has 0 N–H and O–H groups in total. The number of rotatable bonds is 3. The van der Waals surface area contributed by atoms with Gasteiger partial charge in [0.25, 0.3) is 5.91 Å². The molecular weight excluding hydrogens is 303 g/mol. The van der Waals surface area contributed by atoms with Gasteiger partial charge in [0, 0.05) is 18.8 Å². The largest absolute Gasteiger partial charge is 0.417 e. The molecule has 0 aliphatic rings. The molecule has 0 saturated carbocycles. The summed E-state index contributed by atoms with van der Waals surface area (Å²) in [5.74, 6) is -0.731. The van der Waals surface area contributed by atoms with Gasteiger partial charge in [0.2, 0.25) is 0 Å². The number of hydrogen-bond acceptors (Lipinski definition) is 1. The van der Waals surface area contributed by atoms with Crippen molar-refractivity contribution < 1.29 is 18.0 Å². The van der Waals surface area contributed by atoms with Gasteiger partial charge in [-0.1, -0.05) is 48.0 Å². The van der Waals surface area contributed by atoms with E-state index in [0.717, 1.165) is 5.56 Å². The Morgan fingerprint density at radius 3 is 2.09 bits per heavy atom. The predicted octanol–water partition coefficient (Wildman–Crippen LogP) is 4.60. The molecule has 0 unspecified atom stereocenters. The highest BCUT2D eigenvalue weighted by Crippen LogP contribution is 2.34. The number of hydrogen-bond donors (Lipinski definition) is 0. The van der Waals surface area contributed by atoms with Gasteiger partial charge in [0.05, 0.1) is 5.57 Å². The van der Waals surface area contributed by atoms with Gasteiger partial charge in [0.1, 0.15) is 0 Å². The Kier molecular flexibility index (Phi) is 4.89. The molecule has 0 fully saturated rings. The first-order valence-corrected chi connectivity index (χ1v) is 6.97. The van der Waals surface area contributed by atoms with Crippen LogP contribution >= 0.6 is 0 Å². The van der Waals surface area contributed by atoms with Crippen LogP contribution in [0.4, 0.5) is 18.9 Å². The second-order valence-corrected chi connectivity index (χ2v) is 5.15. The number of likely N-dealkylation sites (N-methyl/N-ethyl adjacent to an activating group) is 1. The lowest BCUT2D eigenvalue weighted by Crippen LogP contribution is -2.25. The number of benzene rings is 2. The van der Waals surface area contributed by atoms with Gasteiger partial charge in [-0.3, -0.25) is 4.79 Å². The van der Waals surface area contributed by atoms with Crippen molar-refractivity contribution in [1.29, 1.82) is 0 Å². The zero-order chi connectivity index (χ0) is 17.0. The molecule has 1 amide bonds. The second kappa shape index (κ2) is 6.69. The molecule has 0 aliphatic carbocycles. The molecule has 23 heavy (non-hydrogen) atoms. The van der Waals surface area contributed by atoms with Crippen molar-refractivity contribution in [2.24, 2.45) is 0 Å². The summed E-state index contributed by atoms with van der Waals surface area (Å²) in [6.07, 6.45) is -3.97. The van der Waals surface area contributed by atoms with Gasteiger partial charge in [-0.15, -0.1) is 0 Å². The van der Waals surface area contributed by atoms with Crippen LogP contribution in [0.3, 0.4) is 0 Å². The molecule has 120 valence electrons. The highest BCUT2D eigenvalue weighted by atomic mass is 19.4. The molecule has 2 nitrogen and oxygen atoms in total. The van der Waals surface area contributed by atoms with Crippen LogP contribution in [-0.2, 0) is 4.79 Å². The maximum absolute atomic E-state index is 13.2. The summed E-state index contributed by atoms with van der Waals surface area (Å²) in [5, 5.41) is 0. The normalized spacial score (nSPS) is 12.1. The van der Waals surface area contributed by atoms with Crippen LogP contribution < -0.4 is 4.90 Å². The van der Waals surface area contributed by atoms with E-state index >= 15 is 0 Å². The molecule has 0 aliphatic heterocycles. The lowest BCUT2D eigenvalue weighted by Gasteiger charge is -2.18. The monoisotopic (exact) mass is 319 g/mol. The summed E-state index contributed by atoms with van der Waals surface area (Å²) in [6.45, 7) is 1.89. The molecule has 0 aromatic heterocycles. The fourth-order valence-corrected chi connectivity index (χ4v) is 2.06. The molecule has 0 saturated heterocycles.